The van der Waals surface area contributed by atoms with Crippen molar-refractivity contribution in [1.29, 1.82) is 0 Å². The molecular weight excluding hydrogens is 300 g/mol. The van der Waals surface area contributed by atoms with Crippen molar-refractivity contribution in [2.45, 2.75) is 38.5 Å². The van der Waals surface area contributed by atoms with E-state index in [0.29, 0.717) is 19.2 Å². The van der Waals surface area contributed by atoms with Gasteiger partial charge in [0.1, 0.15) is 0 Å². The molecule has 2 heterocycles. The van der Waals surface area contributed by atoms with Gasteiger partial charge in [-0.15, -0.1) is 0 Å². The Morgan fingerprint density at radius 2 is 1.92 bits per heavy atom. The first-order valence-electron chi connectivity index (χ1n) is 8.57. The molecule has 24 heavy (non-hydrogen) atoms. The van der Waals surface area contributed by atoms with Gasteiger partial charge in [0.15, 0.2) is 0 Å². The molecule has 1 fully saturated rings. The van der Waals surface area contributed by atoms with Crippen molar-refractivity contribution in [1.82, 2.24) is 4.90 Å². The summed E-state index contributed by atoms with van der Waals surface area (Å²) in [5, 5.41) is 0. The van der Waals surface area contributed by atoms with Gasteiger partial charge in [0.25, 0.3) is 0 Å². The number of nitrogens with two attached hydrogens (primary N) is 1. The van der Waals surface area contributed by atoms with Gasteiger partial charge >= 0.3 is 6.03 Å². The Morgan fingerprint density at radius 3 is 2.67 bits per heavy atom. The summed E-state index contributed by atoms with van der Waals surface area (Å²) in [6.45, 7) is 1.99. The van der Waals surface area contributed by atoms with E-state index in [2.05, 4.69) is 36.4 Å². The van der Waals surface area contributed by atoms with Gasteiger partial charge in [-0.2, -0.15) is 0 Å². The summed E-state index contributed by atoms with van der Waals surface area (Å²) >= 11 is 0. The lowest BCUT2D eigenvalue weighted by molar-refractivity contribution is 0.111. The third-order valence-corrected chi connectivity index (χ3v) is 5.00. The first-order chi connectivity index (χ1) is 11.7. The summed E-state index contributed by atoms with van der Waals surface area (Å²) in [6.07, 6.45) is 3.59. The van der Waals surface area contributed by atoms with Gasteiger partial charge in [-0.05, 0) is 47.1 Å². The van der Waals surface area contributed by atoms with Gasteiger partial charge in [-0.25, -0.2) is 4.79 Å². The summed E-state index contributed by atoms with van der Waals surface area (Å²) in [4.78, 5) is 13.5. The van der Waals surface area contributed by atoms with E-state index >= 15 is 0 Å². The first-order valence-corrected chi connectivity index (χ1v) is 8.57. The number of nitrogens with zero attached hydrogens (tertiary/aromatic N) is 1. The standard InChI is InChI=1S/C20H22N2O2/c21-20(23)22-12-15-4-1-2-6-18(15)19-11-14(7-8-16(19)13-22)10-17-5-3-9-24-17/h1-2,4,6-8,11,17H,3,5,9-10,12-13H2,(H2,21,23). The average molecular weight is 322 g/mol. The van der Waals surface area contributed by atoms with Crippen LogP contribution in [0.2, 0.25) is 0 Å². The monoisotopic (exact) mass is 322 g/mol. The zero-order chi connectivity index (χ0) is 16.5. The zero-order valence-corrected chi connectivity index (χ0v) is 13.7. The van der Waals surface area contributed by atoms with Gasteiger partial charge in [-0.3, -0.25) is 0 Å². The number of ether oxygens (including phenoxy) is 1. The normalized spacial score (nSPS) is 19.5. The Balaban J connectivity index is 1.74. The number of rotatable bonds is 2. The molecule has 2 aromatic carbocycles. The molecule has 2 amide bonds. The third kappa shape index (κ3) is 2.89. The minimum absolute atomic E-state index is 0.339. The number of primary amides is 1. The maximum atomic E-state index is 11.8. The topological polar surface area (TPSA) is 55.6 Å². The maximum Gasteiger partial charge on any atom is 0.315 e. The summed E-state index contributed by atoms with van der Waals surface area (Å²) in [5.74, 6) is 0. The molecule has 2 aliphatic rings. The Hall–Kier alpha value is -2.33. The van der Waals surface area contributed by atoms with E-state index in [0.717, 1.165) is 37.0 Å². The van der Waals surface area contributed by atoms with Crippen molar-refractivity contribution >= 4 is 6.03 Å². The fourth-order valence-electron chi connectivity index (χ4n) is 3.75. The molecule has 124 valence electrons. The second-order valence-electron chi connectivity index (χ2n) is 6.68. The van der Waals surface area contributed by atoms with E-state index in [1.807, 2.05) is 6.07 Å². The lowest BCUT2D eigenvalue weighted by Gasteiger charge is -2.18. The van der Waals surface area contributed by atoms with Crippen LogP contribution in [0.1, 0.15) is 29.5 Å². The average Bonchev–Trinajstić information content (AvgIpc) is 3.02. The molecule has 2 aromatic rings. The van der Waals surface area contributed by atoms with Crippen LogP contribution in [0.25, 0.3) is 11.1 Å². The highest BCUT2D eigenvalue weighted by molar-refractivity contribution is 5.77. The van der Waals surface area contributed by atoms with Crippen molar-refractivity contribution in [3.05, 3.63) is 59.2 Å². The molecule has 0 aliphatic carbocycles. The van der Waals surface area contributed by atoms with Crippen LogP contribution in [0, 0.1) is 0 Å². The molecule has 0 bridgehead atoms. The molecular formula is C20H22N2O2. The van der Waals surface area contributed by atoms with Crippen molar-refractivity contribution in [2.24, 2.45) is 5.73 Å². The minimum Gasteiger partial charge on any atom is -0.378 e. The van der Waals surface area contributed by atoms with Crippen molar-refractivity contribution in [2.75, 3.05) is 6.61 Å². The fourth-order valence-corrected chi connectivity index (χ4v) is 3.75. The summed E-state index contributed by atoms with van der Waals surface area (Å²) < 4.78 is 5.77. The highest BCUT2D eigenvalue weighted by Crippen LogP contribution is 2.34. The van der Waals surface area contributed by atoms with Crippen LogP contribution in [-0.4, -0.2) is 23.6 Å². The van der Waals surface area contributed by atoms with Crippen molar-refractivity contribution in [3.63, 3.8) is 0 Å². The molecule has 0 spiro atoms. The van der Waals surface area contributed by atoms with Crippen LogP contribution in [0.3, 0.4) is 0 Å². The van der Waals surface area contributed by atoms with Crippen molar-refractivity contribution in [3.8, 4) is 11.1 Å². The van der Waals surface area contributed by atoms with E-state index in [1.165, 1.54) is 16.7 Å². The Labute approximate surface area is 142 Å². The molecule has 1 saturated heterocycles. The molecule has 1 atom stereocenters. The Bertz CT molecular complexity index is 766. The molecule has 1 unspecified atom stereocenters. The summed E-state index contributed by atoms with van der Waals surface area (Å²) in [6, 6.07) is 14.5. The quantitative estimate of drug-likeness (QED) is 0.920. The number of urea groups is 1. The highest BCUT2D eigenvalue weighted by atomic mass is 16.5. The van der Waals surface area contributed by atoms with Gasteiger partial charge in [0, 0.05) is 19.7 Å². The van der Waals surface area contributed by atoms with Crippen LogP contribution in [0.15, 0.2) is 42.5 Å². The van der Waals surface area contributed by atoms with Crippen LogP contribution >= 0.6 is 0 Å². The number of carbonyl (C=O) groups is 1. The predicted octanol–water partition coefficient (Wildman–Crippen LogP) is 3.47. The number of carbonyl (C=O) groups excluding carboxylic acids is 1. The third-order valence-electron chi connectivity index (χ3n) is 5.00. The van der Waals surface area contributed by atoms with E-state index in [9.17, 15) is 4.79 Å². The van der Waals surface area contributed by atoms with Crippen LogP contribution < -0.4 is 5.73 Å². The highest BCUT2D eigenvalue weighted by Gasteiger charge is 2.22. The second kappa shape index (κ2) is 6.29. The van der Waals surface area contributed by atoms with Gasteiger partial charge in [0.2, 0.25) is 0 Å². The Kier molecular flexibility index (Phi) is 3.98. The summed E-state index contributed by atoms with van der Waals surface area (Å²) in [5.41, 5.74) is 11.6. The number of hydrogen-bond donors (Lipinski definition) is 1. The van der Waals surface area contributed by atoms with Crippen molar-refractivity contribution < 1.29 is 9.53 Å². The number of amides is 2. The molecule has 4 rings (SSSR count). The van der Waals surface area contributed by atoms with E-state index in [1.54, 1.807) is 4.90 Å². The van der Waals surface area contributed by atoms with Gasteiger partial charge in [-0.1, -0.05) is 42.5 Å². The minimum atomic E-state index is -0.374. The molecule has 2 N–H and O–H groups in total. The largest absolute Gasteiger partial charge is 0.378 e. The number of fused-ring (bicyclic) bond motifs is 3. The molecule has 4 nitrogen and oxygen atoms in total. The van der Waals surface area contributed by atoms with Crippen LogP contribution in [0.4, 0.5) is 4.79 Å². The predicted molar refractivity (Wildman–Crippen MR) is 93.4 cm³/mol. The van der Waals surface area contributed by atoms with Crippen LogP contribution in [-0.2, 0) is 24.2 Å². The maximum absolute atomic E-state index is 11.8. The number of hydrogen-bond acceptors (Lipinski definition) is 2. The second-order valence-corrected chi connectivity index (χ2v) is 6.68. The molecule has 0 saturated carbocycles. The zero-order valence-electron chi connectivity index (χ0n) is 13.7. The fraction of sp³-hybridized carbons (Fsp3) is 0.350. The SMILES string of the molecule is NC(=O)N1Cc2ccccc2-c2cc(CC3CCCO3)ccc2C1. The Morgan fingerprint density at radius 1 is 1.12 bits per heavy atom. The number of benzene rings is 2. The lowest BCUT2D eigenvalue weighted by Crippen LogP contribution is -2.34. The molecule has 0 aromatic heterocycles. The molecule has 4 heteroatoms. The first kappa shape index (κ1) is 15.2. The molecule has 2 aliphatic heterocycles. The van der Waals surface area contributed by atoms with Crippen LogP contribution in [0.5, 0.6) is 0 Å². The summed E-state index contributed by atoms with van der Waals surface area (Å²) in [7, 11) is 0. The van der Waals surface area contributed by atoms with Gasteiger partial charge in [0.05, 0.1) is 6.10 Å². The molecule has 0 radical (unpaired) electrons. The van der Waals surface area contributed by atoms with E-state index < -0.39 is 0 Å². The van der Waals surface area contributed by atoms with Gasteiger partial charge < -0.3 is 15.4 Å². The van der Waals surface area contributed by atoms with E-state index in [4.69, 9.17) is 10.5 Å². The van der Waals surface area contributed by atoms with E-state index in [-0.39, 0.29) is 6.03 Å². The smallest absolute Gasteiger partial charge is 0.315 e. The lowest BCUT2D eigenvalue weighted by atomic mass is 9.93.